The average Bonchev–Trinajstić information content (AvgIpc) is 3.29. The summed E-state index contributed by atoms with van der Waals surface area (Å²) in [6, 6.07) is 13.1. The van der Waals surface area contributed by atoms with Crippen LogP contribution in [0.2, 0.25) is 0 Å². The fourth-order valence-electron chi connectivity index (χ4n) is 2.44. The first-order chi connectivity index (χ1) is 12.2. The summed E-state index contributed by atoms with van der Waals surface area (Å²) < 4.78 is 7.38. The van der Waals surface area contributed by atoms with Crippen molar-refractivity contribution in [3.63, 3.8) is 0 Å². The number of carbonyl (C=O) groups is 1. The molecule has 1 atom stereocenters. The van der Waals surface area contributed by atoms with E-state index >= 15 is 0 Å². The lowest BCUT2D eigenvalue weighted by Crippen LogP contribution is -2.25. The standard InChI is InChI=1S/C18H20N4O2S/c1-3-15(17(23)19-13-9-6-5-7-10-13)25-18-21-20-16(22(18)4-2)14-11-8-12-24-14/h5-12,15H,3-4H2,1-2H3,(H,19,23)/t15-/m0/s1. The molecule has 2 heterocycles. The van der Waals surface area contributed by atoms with Gasteiger partial charge in [0, 0.05) is 12.2 Å². The molecule has 3 rings (SSSR count). The van der Waals surface area contributed by atoms with Crippen LogP contribution in [0.5, 0.6) is 0 Å². The van der Waals surface area contributed by atoms with Crippen molar-refractivity contribution in [1.29, 1.82) is 0 Å². The van der Waals surface area contributed by atoms with Crippen molar-refractivity contribution in [3.05, 3.63) is 48.7 Å². The zero-order chi connectivity index (χ0) is 17.6. The maximum atomic E-state index is 12.6. The molecular weight excluding hydrogens is 336 g/mol. The molecule has 1 aromatic carbocycles. The second-order valence-corrected chi connectivity index (χ2v) is 6.57. The number of benzene rings is 1. The van der Waals surface area contributed by atoms with Crippen LogP contribution in [0.25, 0.3) is 11.6 Å². The first-order valence-electron chi connectivity index (χ1n) is 8.22. The highest BCUT2D eigenvalue weighted by Crippen LogP contribution is 2.29. The van der Waals surface area contributed by atoms with Crippen LogP contribution in [0, 0.1) is 0 Å². The Kier molecular flexibility index (Phi) is 5.55. The lowest BCUT2D eigenvalue weighted by Gasteiger charge is -2.14. The van der Waals surface area contributed by atoms with Crippen molar-refractivity contribution in [2.75, 3.05) is 5.32 Å². The Morgan fingerprint density at radius 2 is 2.00 bits per heavy atom. The Balaban J connectivity index is 1.76. The number of para-hydroxylation sites is 1. The van der Waals surface area contributed by atoms with E-state index in [0.29, 0.717) is 29.7 Å². The van der Waals surface area contributed by atoms with Gasteiger partial charge in [-0.3, -0.25) is 9.36 Å². The number of hydrogen-bond donors (Lipinski definition) is 1. The van der Waals surface area contributed by atoms with E-state index in [1.54, 1.807) is 6.26 Å². The first kappa shape index (κ1) is 17.3. The Hall–Kier alpha value is -2.54. The number of hydrogen-bond acceptors (Lipinski definition) is 5. The van der Waals surface area contributed by atoms with Gasteiger partial charge < -0.3 is 9.73 Å². The van der Waals surface area contributed by atoms with Gasteiger partial charge >= 0.3 is 0 Å². The molecule has 0 aliphatic heterocycles. The Morgan fingerprint density at radius 3 is 2.64 bits per heavy atom. The molecule has 3 aromatic rings. The van der Waals surface area contributed by atoms with E-state index in [2.05, 4.69) is 15.5 Å². The molecule has 0 aliphatic rings. The van der Waals surface area contributed by atoms with Crippen molar-refractivity contribution >= 4 is 23.4 Å². The van der Waals surface area contributed by atoms with E-state index < -0.39 is 0 Å². The minimum atomic E-state index is -0.251. The normalized spacial score (nSPS) is 12.1. The van der Waals surface area contributed by atoms with E-state index in [1.165, 1.54) is 11.8 Å². The number of furan rings is 1. The van der Waals surface area contributed by atoms with Crippen LogP contribution < -0.4 is 5.32 Å². The predicted octanol–water partition coefficient (Wildman–Crippen LogP) is 4.07. The predicted molar refractivity (Wildman–Crippen MR) is 98.4 cm³/mol. The highest BCUT2D eigenvalue weighted by atomic mass is 32.2. The molecule has 0 radical (unpaired) electrons. The lowest BCUT2D eigenvalue weighted by molar-refractivity contribution is -0.115. The number of anilines is 1. The summed E-state index contributed by atoms with van der Waals surface area (Å²) in [4.78, 5) is 12.6. The summed E-state index contributed by atoms with van der Waals surface area (Å²) in [5, 5.41) is 11.9. The van der Waals surface area contributed by atoms with Gasteiger partial charge in [-0.2, -0.15) is 0 Å². The number of nitrogens with one attached hydrogen (secondary N) is 1. The molecule has 2 aromatic heterocycles. The van der Waals surface area contributed by atoms with Crippen LogP contribution in [0.4, 0.5) is 5.69 Å². The van der Waals surface area contributed by atoms with Crippen LogP contribution in [-0.4, -0.2) is 25.9 Å². The molecule has 0 bridgehead atoms. The molecule has 7 heteroatoms. The molecule has 25 heavy (non-hydrogen) atoms. The first-order valence-corrected chi connectivity index (χ1v) is 9.10. The third-order valence-electron chi connectivity index (χ3n) is 3.73. The molecule has 0 saturated carbocycles. The molecule has 0 aliphatic carbocycles. The Labute approximate surface area is 150 Å². The van der Waals surface area contributed by atoms with Crippen LogP contribution in [-0.2, 0) is 11.3 Å². The van der Waals surface area contributed by atoms with Crippen molar-refractivity contribution < 1.29 is 9.21 Å². The number of rotatable bonds is 7. The number of thioether (sulfide) groups is 1. The van der Waals surface area contributed by atoms with Crippen LogP contribution in [0.15, 0.2) is 58.3 Å². The third-order valence-corrected chi connectivity index (χ3v) is 5.07. The molecule has 1 N–H and O–H groups in total. The topological polar surface area (TPSA) is 73.0 Å². The number of amides is 1. The third kappa shape index (κ3) is 3.93. The van der Waals surface area contributed by atoms with Gasteiger partial charge in [0.1, 0.15) is 0 Å². The van der Waals surface area contributed by atoms with Crippen molar-refractivity contribution in [2.24, 2.45) is 0 Å². The van der Waals surface area contributed by atoms with Crippen LogP contribution in [0.1, 0.15) is 20.3 Å². The fourth-order valence-corrected chi connectivity index (χ4v) is 3.46. The van der Waals surface area contributed by atoms with E-state index in [1.807, 2.05) is 60.9 Å². The van der Waals surface area contributed by atoms with Gasteiger partial charge in [-0.25, -0.2) is 0 Å². The van der Waals surface area contributed by atoms with Gasteiger partial charge in [0.25, 0.3) is 0 Å². The highest BCUT2D eigenvalue weighted by molar-refractivity contribution is 8.00. The zero-order valence-electron chi connectivity index (χ0n) is 14.2. The lowest BCUT2D eigenvalue weighted by atomic mass is 10.3. The summed E-state index contributed by atoms with van der Waals surface area (Å²) in [5.41, 5.74) is 0.791. The Morgan fingerprint density at radius 1 is 1.20 bits per heavy atom. The quantitative estimate of drug-likeness (QED) is 0.646. The smallest absolute Gasteiger partial charge is 0.237 e. The van der Waals surface area contributed by atoms with Gasteiger partial charge in [0.2, 0.25) is 5.91 Å². The van der Waals surface area contributed by atoms with Crippen LogP contribution in [0.3, 0.4) is 0 Å². The van der Waals surface area contributed by atoms with Gasteiger partial charge in [-0.1, -0.05) is 36.9 Å². The van der Waals surface area contributed by atoms with Gasteiger partial charge in [0.05, 0.1) is 11.5 Å². The molecule has 130 valence electrons. The van der Waals surface area contributed by atoms with Crippen molar-refractivity contribution in [2.45, 2.75) is 37.2 Å². The number of aromatic nitrogens is 3. The van der Waals surface area contributed by atoms with E-state index in [0.717, 1.165) is 5.69 Å². The van der Waals surface area contributed by atoms with E-state index in [4.69, 9.17) is 4.42 Å². The van der Waals surface area contributed by atoms with Gasteiger partial charge in [-0.05, 0) is 37.6 Å². The molecule has 0 spiro atoms. The van der Waals surface area contributed by atoms with Crippen LogP contribution >= 0.6 is 11.8 Å². The number of carbonyl (C=O) groups excluding carboxylic acids is 1. The summed E-state index contributed by atoms with van der Waals surface area (Å²) in [5.74, 6) is 1.31. The second kappa shape index (κ2) is 8.02. The maximum Gasteiger partial charge on any atom is 0.237 e. The number of nitrogens with zero attached hydrogens (tertiary/aromatic N) is 3. The van der Waals surface area contributed by atoms with E-state index in [-0.39, 0.29) is 11.2 Å². The zero-order valence-corrected chi connectivity index (χ0v) is 15.0. The SMILES string of the molecule is CC[C@H](Sc1nnc(-c2ccco2)n1CC)C(=O)Nc1ccccc1. The van der Waals surface area contributed by atoms with Gasteiger partial charge in [0.15, 0.2) is 16.7 Å². The summed E-state index contributed by atoms with van der Waals surface area (Å²) in [6.07, 6.45) is 2.30. The van der Waals surface area contributed by atoms with Gasteiger partial charge in [-0.15, -0.1) is 10.2 Å². The summed E-state index contributed by atoms with van der Waals surface area (Å²) >= 11 is 1.42. The van der Waals surface area contributed by atoms with Crippen molar-refractivity contribution in [3.8, 4) is 11.6 Å². The molecular formula is C18H20N4O2S. The van der Waals surface area contributed by atoms with Crippen molar-refractivity contribution in [1.82, 2.24) is 14.8 Å². The molecule has 0 fully saturated rings. The second-order valence-electron chi connectivity index (χ2n) is 5.40. The largest absolute Gasteiger partial charge is 0.461 e. The molecule has 1 amide bonds. The highest BCUT2D eigenvalue weighted by Gasteiger charge is 2.23. The average molecular weight is 356 g/mol. The van der Waals surface area contributed by atoms with E-state index in [9.17, 15) is 4.79 Å². The summed E-state index contributed by atoms with van der Waals surface area (Å²) in [7, 11) is 0. The minimum absolute atomic E-state index is 0.0381. The molecule has 0 saturated heterocycles. The fraction of sp³-hybridized carbons (Fsp3) is 0.278. The Bertz CT molecular complexity index is 815. The molecule has 6 nitrogen and oxygen atoms in total. The summed E-state index contributed by atoms with van der Waals surface area (Å²) in [6.45, 7) is 4.70. The molecule has 0 unspecified atom stereocenters. The monoisotopic (exact) mass is 356 g/mol. The minimum Gasteiger partial charge on any atom is -0.461 e. The maximum absolute atomic E-state index is 12.6.